The van der Waals surface area contributed by atoms with Crippen molar-refractivity contribution in [3.05, 3.63) is 70.1 Å². The summed E-state index contributed by atoms with van der Waals surface area (Å²) in [6.45, 7) is 0.660. The fourth-order valence-electron chi connectivity index (χ4n) is 1.82. The molecule has 5 heteroatoms. The van der Waals surface area contributed by atoms with Crippen molar-refractivity contribution in [1.29, 1.82) is 0 Å². The van der Waals surface area contributed by atoms with Crippen molar-refractivity contribution in [1.82, 2.24) is 15.0 Å². The number of rotatable bonds is 4. The molecule has 1 aromatic heterocycles. The Morgan fingerprint density at radius 2 is 1.75 bits per heavy atom. The first-order valence-corrected chi connectivity index (χ1v) is 7.35. The van der Waals surface area contributed by atoms with E-state index in [9.17, 15) is 0 Å². The standard InChI is InChI=1S/C15H13IN4/c16-12-6-8-13(9-7-12)17-10-14-11-18-20(19-14)15-4-2-1-3-5-15/h1-9,11,17H,10H2. The topological polar surface area (TPSA) is 42.7 Å². The largest absolute Gasteiger partial charge is 0.379 e. The Bertz CT molecular complexity index is 677. The van der Waals surface area contributed by atoms with Gasteiger partial charge in [0.1, 0.15) is 5.69 Å². The van der Waals surface area contributed by atoms with Crippen LogP contribution in [-0.4, -0.2) is 15.0 Å². The van der Waals surface area contributed by atoms with Gasteiger partial charge in [-0.25, -0.2) is 0 Å². The number of para-hydroxylation sites is 1. The van der Waals surface area contributed by atoms with E-state index in [0.29, 0.717) is 6.54 Å². The lowest BCUT2D eigenvalue weighted by molar-refractivity contribution is 0.740. The second kappa shape index (κ2) is 6.04. The Morgan fingerprint density at radius 1 is 1.00 bits per heavy atom. The van der Waals surface area contributed by atoms with Crippen molar-refractivity contribution in [3.63, 3.8) is 0 Å². The molecule has 3 aromatic rings. The van der Waals surface area contributed by atoms with Gasteiger partial charge in [-0.2, -0.15) is 15.0 Å². The van der Waals surface area contributed by atoms with E-state index < -0.39 is 0 Å². The summed E-state index contributed by atoms with van der Waals surface area (Å²) in [6, 6.07) is 18.2. The fraction of sp³-hybridized carbons (Fsp3) is 0.0667. The van der Waals surface area contributed by atoms with Gasteiger partial charge in [0.05, 0.1) is 18.4 Å². The highest BCUT2D eigenvalue weighted by atomic mass is 127. The fourth-order valence-corrected chi connectivity index (χ4v) is 2.18. The zero-order chi connectivity index (χ0) is 13.8. The van der Waals surface area contributed by atoms with E-state index in [2.05, 4.69) is 62.4 Å². The highest BCUT2D eigenvalue weighted by Crippen LogP contribution is 2.12. The molecule has 0 aliphatic rings. The smallest absolute Gasteiger partial charge is 0.102 e. The van der Waals surface area contributed by atoms with Crippen LogP contribution in [0.5, 0.6) is 0 Å². The minimum atomic E-state index is 0.660. The summed E-state index contributed by atoms with van der Waals surface area (Å²) >= 11 is 2.29. The normalized spacial score (nSPS) is 10.4. The van der Waals surface area contributed by atoms with Crippen molar-refractivity contribution in [2.24, 2.45) is 0 Å². The van der Waals surface area contributed by atoms with E-state index in [1.54, 1.807) is 11.0 Å². The van der Waals surface area contributed by atoms with Gasteiger partial charge in [0.25, 0.3) is 0 Å². The first kappa shape index (κ1) is 13.1. The summed E-state index contributed by atoms with van der Waals surface area (Å²) in [7, 11) is 0. The van der Waals surface area contributed by atoms with Gasteiger partial charge in [0, 0.05) is 9.26 Å². The summed E-state index contributed by atoms with van der Waals surface area (Å²) in [5.74, 6) is 0. The molecule has 0 aliphatic heterocycles. The van der Waals surface area contributed by atoms with Crippen LogP contribution in [-0.2, 0) is 6.54 Å². The first-order chi connectivity index (χ1) is 9.81. The van der Waals surface area contributed by atoms with Crippen LogP contribution in [0.25, 0.3) is 5.69 Å². The lowest BCUT2D eigenvalue weighted by Gasteiger charge is -2.03. The molecule has 3 rings (SSSR count). The molecule has 0 bridgehead atoms. The highest BCUT2D eigenvalue weighted by molar-refractivity contribution is 14.1. The van der Waals surface area contributed by atoms with Gasteiger partial charge in [-0.3, -0.25) is 0 Å². The zero-order valence-corrected chi connectivity index (χ0v) is 12.9. The second-order valence-corrected chi connectivity index (χ2v) is 5.57. The molecule has 100 valence electrons. The lowest BCUT2D eigenvalue weighted by Crippen LogP contribution is -2.02. The Kier molecular flexibility index (Phi) is 3.96. The highest BCUT2D eigenvalue weighted by Gasteiger charge is 2.02. The summed E-state index contributed by atoms with van der Waals surface area (Å²) < 4.78 is 1.23. The molecular weight excluding hydrogens is 363 g/mol. The number of aromatic nitrogens is 3. The van der Waals surface area contributed by atoms with Crippen LogP contribution in [0, 0.1) is 3.57 Å². The molecule has 20 heavy (non-hydrogen) atoms. The Labute approximate surface area is 131 Å². The molecule has 0 saturated heterocycles. The Morgan fingerprint density at radius 3 is 2.50 bits per heavy atom. The number of benzene rings is 2. The van der Waals surface area contributed by atoms with Crippen LogP contribution in [0.2, 0.25) is 0 Å². The molecule has 0 spiro atoms. The number of hydrogen-bond donors (Lipinski definition) is 1. The maximum absolute atomic E-state index is 4.45. The maximum Gasteiger partial charge on any atom is 0.102 e. The van der Waals surface area contributed by atoms with Crippen LogP contribution < -0.4 is 5.32 Å². The molecule has 0 atom stereocenters. The van der Waals surface area contributed by atoms with Gasteiger partial charge in [0.2, 0.25) is 0 Å². The van der Waals surface area contributed by atoms with Crippen LogP contribution in [0.4, 0.5) is 5.69 Å². The SMILES string of the molecule is Ic1ccc(NCc2cnn(-c3ccccc3)n2)cc1. The number of nitrogens with one attached hydrogen (secondary N) is 1. The van der Waals surface area contributed by atoms with Gasteiger partial charge in [0.15, 0.2) is 0 Å². The van der Waals surface area contributed by atoms with Gasteiger partial charge in [-0.1, -0.05) is 18.2 Å². The third-order valence-corrected chi connectivity index (χ3v) is 3.56. The molecule has 0 saturated carbocycles. The minimum absolute atomic E-state index is 0.660. The van der Waals surface area contributed by atoms with E-state index >= 15 is 0 Å². The predicted molar refractivity (Wildman–Crippen MR) is 87.8 cm³/mol. The zero-order valence-electron chi connectivity index (χ0n) is 10.7. The van der Waals surface area contributed by atoms with E-state index in [-0.39, 0.29) is 0 Å². The van der Waals surface area contributed by atoms with Gasteiger partial charge >= 0.3 is 0 Å². The first-order valence-electron chi connectivity index (χ1n) is 6.27. The third-order valence-electron chi connectivity index (χ3n) is 2.84. The Hall–Kier alpha value is -1.89. The molecule has 4 nitrogen and oxygen atoms in total. The average molecular weight is 376 g/mol. The molecular formula is C15H13IN4. The number of halogens is 1. The summed E-state index contributed by atoms with van der Waals surface area (Å²) in [4.78, 5) is 1.64. The van der Waals surface area contributed by atoms with Crippen molar-refractivity contribution in [3.8, 4) is 5.69 Å². The average Bonchev–Trinajstić information content (AvgIpc) is 2.97. The van der Waals surface area contributed by atoms with Gasteiger partial charge in [-0.05, 0) is 59.0 Å². The molecule has 1 heterocycles. The second-order valence-electron chi connectivity index (χ2n) is 4.32. The predicted octanol–water partition coefficient (Wildman–Crippen LogP) is 3.48. The molecule has 0 aliphatic carbocycles. The van der Waals surface area contributed by atoms with E-state index in [1.807, 2.05) is 30.3 Å². The third kappa shape index (κ3) is 3.16. The van der Waals surface area contributed by atoms with Gasteiger partial charge in [-0.15, -0.1) is 0 Å². The van der Waals surface area contributed by atoms with Gasteiger partial charge < -0.3 is 5.32 Å². The minimum Gasteiger partial charge on any atom is -0.379 e. The molecule has 2 aromatic carbocycles. The van der Waals surface area contributed by atoms with Crippen molar-refractivity contribution >= 4 is 28.3 Å². The molecule has 1 N–H and O–H groups in total. The monoisotopic (exact) mass is 376 g/mol. The van der Waals surface area contributed by atoms with Crippen LogP contribution in [0.3, 0.4) is 0 Å². The van der Waals surface area contributed by atoms with Crippen LogP contribution >= 0.6 is 22.6 Å². The Balaban J connectivity index is 1.67. The number of nitrogens with zero attached hydrogens (tertiary/aromatic N) is 3. The summed E-state index contributed by atoms with van der Waals surface area (Å²) in [5, 5.41) is 12.1. The van der Waals surface area contributed by atoms with Crippen LogP contribution in [0.15, 0.2) is 60.8 Å². The number of anilines is 1. The molecule has 0 unspecified atom stereocenters. The maximum atomic E-state index is 4.45. The number of hydrogen-bond acceptors (Lipinski definition) is 3. The molecule has 0 fully saturated rings. The van der Waals surface area contributed by atoms with E-state index in [4.69, 9.17) is 0 Å². The molecule has 0 radical (unpaired) electrons. The molecule has 0 amide bonds. The quantitative estimate of drug-likeness (QED) is 0.709. The summed E-state index contributed by atoms with van der Waals surface area (Å²) in [5.41, 5.74) is 2.96. The van der Waals surface area contributed by atoms with Crippen molar-refractivity contribution in [2.45, 2.75) is 6.54 Å². The van der Waals surface area contributed by atoms with Crippen molar-refractivity contribution in [2.75, 3.05) is 5.32 Å². The van der Waals surface area contributed by atoms with Crippen molar-refractivity contribution < 1.29 is 0 Å². The van der Waals surface area contributed by atoms with E-state index in [1.165, 1.54) is 3.57 Å². The van der Waals surface area contributed by atoms with E-state index in [0.717, 1.165) is 17.1 Å². The summed E-state index contributed by atoms with van der Waals surface area (Å²) in [6.07, 6.45) is 1.78. The van der Waals surface area contributed by atoms with Crippen LogP contribution in [0.1, 0.15) is 5.69 Å². The lowest BCUT2D eigenvalue weighted by atomic mass is 10.3.